The van der Waals surface area contributed by atoms with Crippen LogP contribution in [0.5, 0.6) is 5.75 Å². The number of carbonyl (C=O) groups is 2. The number of anilines is 2. The zero-order valence-electron chi connectivity index (χ0n) is 16.9. The van der Waals surface area contributed by atoms with Crippen LogP contribution in [0.25, 0.3) is 0 Å². The first kappa shape index (κ1) is 23.5. The number of rotatable bonds is 6. The Hall–Kier alpha value is -3.13. The van der Waals surface area contributed by atoms with Crippen molar-refractivity contribution >= 4 is 63.7 Å². The number of ether oxygens (including phenoxy) is 1. The largest absolute Gasteiger partial charge is 0.494 e. The fourth-order valence-electron chi connectivity index (χ4n) is 2.75. The maximum Gasteiger partial charge on any atom is 0.257 e. The van der Waals surface area contributed by atoms with Gasteiger partial charge in [0.25, 0.3) is 11.8 Å². The molecular weight excluding hydrogens is 469 g/mol. The Balaban J connectivity index is 1.60. The summed E-state index contributed by atoms with van der Waals surface area (Å²) in [6.07, 6.45) is 0. The fourth-order valence-corrected chi connectivity index (χ4v) is 3.46. The normalized spacial score (nSPS) is 10.2. The van der Waals surface area contributed by atoms with Gasteiger partial charge in [0.15, 0.2) is 5.11 Å². The summed E-state index contributed by atoms with van der Waals surface area (Å²) in [5.74, 6) is -0.0499. The van der Waals surface area contributed by atoms with Gasteiger partial charge >= 0.3 is 0 Å². The molecule has 164 valence electrons. The van der Waals surface area contributed by atoms with E-state index in [1.54, 1.807) is 60.7 Å². The molecular formula is C23H19Cl2N3O3S. The number of hydrogen-bond donors (Lipinski definition) is 3. The predicted molar refractivity (Wildman–Crippen MR) is 132 cm³/mol. The van der Waals surface area contributed by atoms with Gasteiger partial charge in [-0.2, -0.15) is 0 Å². The van der Waals surface area contributed by atoms with E-state index >= 15 is 0 Å². The summed E-state index contributed by atoms with van der Waals surface area (Å²) >= 11 is 17.2. The Labute approximate surface area is 200 Å². The smallest absolute Gasteiger partial charge is 0.257 e. The van der Waals surface area contributed by atoms with Crippen LogP contribution in [0.15, 0.2) is 66.7 Å². The van der Waals surface area contributed by atoms with Crippen LogP contribution < -0.4 is 20.7 Å². The summed E-state index contributed by atoms with van der Waals surface area (Å²) in [4.78, 5) is 24.9. The summed E-state index contributed by atoms with van der Waals surface area (Å²) in [7, 11) is 0. The van der Waals surface area contributed by atoms with Gasteiger partial charge in [-0.25, -0.2) is 0 Å². The minimum atomic E-state index is -0.379. The van der Waals surface area contributed by atoms with Crippen molar-refractivity contribution in [3.63, 3.8) is 0 Å². The highest BCUT2D eigenvalue weighted by atomic mass is 35.5. The summed E-state index contributed by atoms with van der Waals surface area (Å²) in [5.41, 5.74) is 1.85. The monoisotopic (exact) mass is 487 g/mol. The van der Waals surface area contributed by atoms with Crippen LogP contribution in [0.1, 0.15) is 27.6 Å². The van der Waals surface area contributed by atoms with Gasteiger partial charge in [-0.05, 0) is 79.8 Å². The van der Waals surface area contributed by atoms with Gasteiger partial charge in [-0.15, -0.1) is 0 Å². The highest BCUT2D eigenvalue weighted by Gasteiger charge is 2.12. The molecule has 0 saturated carbocycles. The molecule has 6 nitrogen and oxygen atoms in total. The van der Waals surface area contributed by atoms with Gasteiger partial charge < -0.3 is 15.4 Å². The highest BCUT2D eigenvalue weighted by Crippen LogP contribution is 2.23. The van der Waals surface area contributed by atoms with Crippen molar-refractivity contribution in [2.24, 2.45) is 0 Å². The van der Waals surface area contributed by atoms with E-state index in [2.05, 4.69) is 16.0 Å². The molecule has 0 aliphatic rings. The van der Waals surface area contributed by atoms with E-state index in [-0.39, 0.29) is 21.9 Å². The van der Waals surface area contributed by atoms with E-state index in [4.69, 9.17) is 40.2 Å². The second-order valence-corrected chi connectivity index (χ2v) is 7.78. The third kappa shape index (κ3) is 6.43. The number of carbonyl (C=O) groups excluding carboxylic acids is 2. The molecule has 3 aromatic carbocycles. The van der Waals surface area contributed by atoms with Crippen LogP contribution in [0.4, 0.5) is 11.4 Å². The van der Waals surface area contributed by atoms with Crippen LogP contribution in [0.3, 0.4) is 0 Å². The minimum absolute atomic E-state index is 0.119. The Morgan fingerprint density at radius 3 is 2.25 bits per heavy atom. The molecule has 32 heavy (non-hydrogen) atoms. The molecule has 0 atom stereocenters. The lowest BCUT2D eigenvalue weighted by Crippen LogP contribution is -2.34. The number of halogens is 2. The zero-order valence-corrected chi connectivity index (χ0v) is 19.3. The number of benzene rings is 3. The van der Waals surface area contributed by atoms with E-state index in [9.17, 15) is 9.59 Å². The number of nitrogens with one attached hydrogen (secondary N) is 3. The van der Waals surface area contributed by atoms with Crippen molar-refractivity contribution in [3.05, 3.63) is 87.9 Å². The Morgan fingerprint density at radius 2 is 1.59 bits per heavy atom. The van der Waals surface area contributed by atoms with E-state index in [1.807, 2.05) is 6.92 Å². The average Bonchev–Trinajstić information content (AvgIpc) is 2.74. The molecule has 0 aliphatic heterocycles. The van der Waals surface area contributed by atoms with Gasteiger partial charge in [-0.1, -0.05) is 29.3 Å². The number of amides is 2. The van der Waals surface area contributed by atoms with Crippen molar-refractivity contribution in [2.75, 3.05) is 17.2 Å². The molecule has 0 spiro atoms. The molecule has 3 N–H and O–H groups in total. The second kappa shape index (κ2) is 10.9. The first-order chi connectivity index (χ1) is 15.4. The predicted octanol–water partition coefficient (Wildman–Crippen LogP) is 5.77. The van der Waals surface area contributed by atoms with E-state index < -0.39 is 0 Å². The molecule has 2 amide bonds. The van der Waals surface area contributed by atoms with E-state index in [1.165, 1.54) is 6.07 Å². The summed E-state index contributed by atoms with van der Waals surface area (Å²) < 4.78 is 5.37. The molecule has 0 unspecified atom stereocenters. The molecule has 3 aromatic rings. The molecule has 0 radical (unpaired) electrons. The van der Waals surface area contributed by atoms with Crippen LogP contribution in [0, 0.1) is 0 Å². The van der Waals surface area contributed by atoms with Crippen LogP contribution in [-0.2, 0) is 0 Å². The minimum Gasteiger partial charge on any atom is -0.494 e. The first-order valence-corrected chi connectivity index (χ1v) is 10.7. The fraction of sp³-hybridized carbons (Fsp3) is 0.0870. The van der Waals surface area contributed by atoms with Gasteiger partial charge in [0.2, 0.25) is 0 Å². The van der Waals surface area contributed by atoms with Gasteiger partial charge in [0, 0.05) is 22.0 Å². The molecule has 0 heterocycles. The highest BCUT2D eigenvalue weighted by molar-refractivity contribution is 7.80. The van der Waals surface area contributed by atoms with Gasteiger partial charge in [-0.3, -0.25) is 14.9 Å². The molecule has 9 heteroatoms. The quantitative estimate of drug-likeness (QED) is 0.384. The van der Waals surface area contributed by atoms with Crippen molar-refractivity contribution in [1.82, 2.24) is 5.32 Å². The van der Waals surface area contributed by atoms with Crippen LogP contribution >= 0.6 is 35.4 Å². The third-order valence-corrected chi connectivity index (χ3v) is 4.96. The zero-order chi connectivity index (χ0) is 23.1. The lowest BCUT2D eigenvalue weighted by atomic mass is 10.2. The van der Waals surface area contributed by atoms with Crippen molar-refractivity contribution in [2.45, 2.75) is 6.92 Å². The molecule has 3 rings (SSSR count). The third-order valence-electron chi connectivity index (χ3n) is 4.21. The Morgan fingerprint density at radius 1 is 0.906 bits per heavy atom. The average molecular weight is 488 g/mol. The molecule has 0 aromatic heterocycles. The number of hydrogen-bond acceptors (Lipinski definition) is 4. The standard InChI is InChI=1S/C23H19Cl2N3O3S/c1-2-31-18-9-6-14(7-10-18)21(29)28-23(32)27-17-5-3-4-16(13-17)26-22(30)19-11-8-15(24)12-20(19)25/h3-13H,2H2,1H3,(H,26,30)(H2,27,28,29,32). The molecule has 0 saturated heterocycles. The van der Waals surface area contributed by atoms with E-state index in [0.29, 0.717) is 39.9 Å². The lowest BCUT2D eigenvalue weighted by Gasteiger charge is -2.12. The van der Waals surface area contributed by atoms with Crippen LogP contribution in [-0.4, -0.2) is 23.5 Å². The SMILES string of the molecule is CCOc1ccc(C(=O)NC(=S)Nc2cccc(NC(=O)c3ccc(Cl)cc3Cl)c2)cc1. The van der Waals surface area contributed by atoms with Crippen molar-refractivity contribution in [3.8, 4) is 5.75 Å². The Kier molecular flexibility index (Phi) is 8.05. The summed E-state index contributed by atoms with van der Waals surface area (Å²) in [6, 6.07) is 18.3. The number of thiocarbonyl (C=S) groups is 1. The summed E-state index contributed by atoms with van der Waals surface area (Å²) in [6.45, 7) is 2.43. The maximum absolute atomic E-state index is 12.5. The first-order valence-electron chi connectivity index (χ1n) is 9.57. The second-order valence-electron chi connectivity index (χ2n) is 6.52. The van der Waals surface area contributed by atoms with Crippen molar-refractivity contribution < 1.29 is 14.3 Å². The molecule has 0 aliphatic carbocycles. The van der Waals surface area contributed by atoms with Gasteiger partial charge in [0.05, 0.1) is 17.2 Å². The molecule has 0 bridgehead atoms. The Bertz CT molecular complexity index is 1150. The van der Waals surface area contributed by atoms with Crippen LogP contribution in [0.2, 0.25) is 10.0 Å². The summed E-state index contributed by atoms with van der Waals surface area (Å²) in [5, 5.41) is 9.12. The maximum atomic E-state index is 12.5. The van der Waals surface area contributed by atoms with Crippen molar-refractivity contribution in [1.29, 1.82) is 0 Å². The molecule has 0 fully saturated rings. The van der Waals surface area contributed by atoms with Gasteiger partial charge in [0.1, 0.15) is 5.75 Å². The lowest BCUT2D eigenvalue weighted by molar-refractivity contribution is 0.0976. The topological polar surface area (TPSA) is 79.5 Å². The van der Waals surface area contributed by atoms with E-state index in [0.717, 1.165) is 0 Å².